The molecule has 0 saturated carbocycles. The smallest absolute Gasteiger partial charge is 0.320 e. The lowest BCUT2D eigenvalue weighted by Gasteiger charge is -2.10. The summed E-state index contributed by atoms with van der Waals surface area (Å²) < 4.78 is 26.8. The number of para-hydroxylation sites is 2. The largest absolute Gasteiger partial charge is 0.480 e. The van der Waals surface area contributed by atoms with Gasteiger partial charge in [0.15, 0.2) is 5.75 Å². The number of nitrogens with one attached hydrogen (secondary N) is 1. The Balaban J connectivity index is 2.34. The third kappa shape index (κ3) is 3.28. The van der Waals surface area contributed by atoms with Crippen molar-refractivity contribution in [3.8, 4) is 5.69 Å². The topological polar surface area (TPSA) is 114 Å². The van der Waals surface area contributed by atoms with Crippen molar-refractivity contribution < 1.29 is 18.3 Å². The number of rotatable bonds is 5. The summed E-state index contributed by atoms with van der Waals surface area (Å²) >= 11 is 0. The number of hydrogen-bond acceptors (Lipinski definition) is 5. The molecule has 9 heteroatoms. The van der Waals surface area contributed by atoms with Crippen LogP contribution in [0.1, 0.15) is 0 Å². The highest BCUT2D eigenvalue weighted by Crippen LogP contribution is 2.19. The average molecular weight is 282 g/mol. The summed E-state index contributed by atoms with van der Waals surface area (Å²) in [5.41, 5.74) is 0.684. The van der Waals surface area contributed by atoms with Gasteiger partial charge in [0.1, 0.15) is 0 Å². The Morgan fingerprint density at radius 3 is 2.74 bits per heavy atom. The van der Waals surface area contributed by atoms with Gasteiger partial charge >= 0.3 is 5.97 Å². The number of hydrogen-bond donors (Lipinski definition) is 2. The zero-order valence-corrected chi connectivity index (χ0v) is 10.4. The van der Waals surface area contributed by atoms with Gasteiger partial charge in [-0.15, -0.1) is 5.10 Å². The van der Waals surface area contributed by atoms with Gasteiger partial charge in [0.05, 0.1) is 23.8 Å². The van der Waals surface area contributed by atoms with Gasteiger partial charge in [-0.3, -0.25) is 9.52 Å². The van der Waals surface area contributed by atoms with Crippen molar-refractivity contribution in [2.45, 2.75) is 0 Å². The molecule has 2 aromatic rings. The second kappa shape index (κ2) is 5.06. The van der Waals surface area contributed by atoms with Crippen LogP contribution in [0.2, 0.25) is 0 Å². The van der Waals surface area contributed by atoms with E-state index in [4.69, 9.17) is 5.11 Å². The third-order valence-electron chi connectivity index (χ3n) is 2.15. The molecule has 1 aromatic carbocycles. The van der Waals surface area contributed by atoms with Gasteiger partial charge in [-0.2, -0.15) is 0 Å². The molecular formula is C10H10N4O4S. The molecule has 0 radical (unpaired) electrons. The van der Waals surface area contributed by atoms with Crippen LogP contribution in [0.25, 0.3) is 5.69 Å². The molecule has 0 amide bonds. The molecule has 1 aromatic heterocycles. The van der Waals surface area contributed by atoms with E-state index in [1.807, 2.05) is 0 Å². The first-order chi connectivity index (χ1) is 8.98. The van der Waals surface area contributed by atoms with Gasteiger partial charge in [0.2, 0.25) is 10.0 Å². The van der Waals surface area contributed by atoms with Crippen molar-refractivity contribution >= 4 is 21.7 Å². The number of aromatic nitrogens is 3. The molecule has 0 aliphatic rings. The summed E-state index contributed by atoms with van der Waals surface area (Å²) in [6.07, 6.45) is 2.99. The van der Waals surface area contributed by atoms with E-state index in [2.05, 4.69) is 15.0 Å². The van der Waals surface area contributed by atoms with Gasteiger partial charge in [-0.1, -0.05) is 17.3 Å². The van der Waals surface area contributed by atoms with E-state index < -0.39 is 21.7 Å². The lowest BCUT2D eigenvalue weighted by molar-refractivity contribution is -0.134. The fourth-order valence-corrected chi connectivity index (χ4v) is 2.37. The van der Waals surface area contributed by atoms with Crippen LogP contribution in [0, 0.1) is 0 Å². The summed E-state index contributed by atoms with van der Waals surface area (Å²) in [5.74, 6) is -2.43. The lowest BCUT2D eigenvalue weighted by Crippen LogP contribution is -2.23. The number of carboxylic acid groups (broad SMARTS) is 1. The minimum atomic E-state index is -3.96. The van der Waals surface area contributed by atoms with Crippen LogP contribution in [0.4, 0.5) is 5.69 Å². The number of carboxylic acids is 1. The van der Waals surface area contributed by atoms with Gasteiger partial charge in [-0.25, -0.2) is 13.1 Å². The van der Waals surface area contributed by atoms with Crippen LogP contribution in [0.3, 0.4) is 0 Å². The maximum atomic E-state index is 11.6. The SMILES string of the molecule is O=C(O)CS(=O)(=O)Nc1ccccc1-n1ccnn1. The molecule has 0 saturated heterocycles. The van der Waals surface area contributed by atoms with Gasteiger partial charge < -0.3 is 5.11 Å². The molecule has 0 aliphatic carbocycles. The fourth-order valence-electron chi connectivity index (χ4n) is 1.46. The van der Waals surface area contributed by atoms with Crippen LogP contribution in [0.15, 0.2) is 36.7 Å². The van der Waals surface area contributed by atoms with Gasteiger partial charge in [-0.05, 0) is 12.1 Å². The molecule has 2 N–H and O–H groups in total. The predicted molar refractivity (Wildman–Crippen MR) is 66.4 cm³/mol. The predicted octanol–water partition coefficient (Wildman–Crippen LogP) is 0.0936. The van der Waals surface area contributed by atoms with E-state index in [1.165, 1.54) is 16.9 Å². The summed E-state index contributed by atoms with van der Waals surface area (Å²) in [4.78, 5) is 10.5. The quantitative estimate of drug-likeness (QED) is 0.803. The van der Waals surface area contributed by atoms with Crippen molar-refractivity contribution in [3.05, 3.63) is 36.7 Å². The normalized spacial score (nSPS) is 11.2. The number of aliphatic carboxylic acids is 1. The molecule has 0 spiro atoms. The highest BCUT2D eigenvalue weighted by molar-refractivity contribution is 7.93. The van der Waals surface area contributed by atoms with Crippen LogP contribution in [-0.4, -0.2) is 40.2 Å². The Bertz CT molecular complexity index is 681. The highest BCUT2D eigenvalue weighted by atomic mass is 32.2. The number of carbonyl (C=O) groups is 1. The first-order valence-electron chi connectivity index (χ1n) is 5.16. The first-order valence-corrected chi connectivity index (χ1v) is 6.81. The molecule has 0 atom stereocenters. The molecule has 0 unspecified atom stereocenters. The average Bonchev–Trinajstić information content (AvgIpc) is 2.80. The molecular weight excluding hydrogens is 272 g/mol. The molecule has 100 valence electrons. The van der Waals surface area contributed by atoms with Crippen LogP contribution in [-0.2, 0) is 14.8 Å². The second-order valence-electron chi connectivity index (χ2n) is 3.62. The molecule has 2 rings (SSSR count). The summed E-state index contributed by atoms with van der Waals surface area (Å²) in [6.45, 7) is 0. The van der Waals surface area contributed by atoms with E-state index >= 15 is 0 Å². The van der Waals surface area contributed by atoms with Crippen LogP contribution in [0.5, 0.6) is 0 Å². The Hall–Kier alpha value is -2.42. The summed E-state index contributed by atoms with van der Waals surface area (Å²) in [5, 5.41) is 15.9. The standard InChI is InChI=1S/C10H10N4O4S/c15-10(16)7-19(17,18)12-8-3-1-2-4-9(8)14-6-5-11-13-14/h1-6,12H,7H2,(H,15,16). The number of benzene rings is 1. The van der Waals surface area contributed by atoms with Crippen LogP contribution < -0.4 is 4.72 Å². The Labute approximate surface area is 108 Å². The number of anilines is 1. The van der Waals surface area contributed by atoms with Crippen molar-refractivity contribution in [1.82, 2.24) is 15.0 Å². The molecule has 0 fully saturated rings. The zero-order valence-electron chi connectivity index (χ0n) is 9.59. The Kier molecular flexibility index (Phi) is 3.47. The second-order valence-corrected chi connectivity index (χ2v) is 5.34. The molecule has 8 nitrogen and oxygen atoms in total. The number of nitrogens with zero attached hydrogens (tertiary/aromatic N) is 3. The molecule has 1 heterocycles. The maximum Gasteiger partial charge on any atom is 0.320 e. The number of sulfonamides is 1. The zero-order chi connectivity index (χ0) is 13.9. The van der Waals surface area contributed by atoms with Gasteiger partial charge in [0, 0.05) is 0 Å². The monoisotopic (exact) mass is 282 g/mol. The third-order valence-corrected chi connectivity index (χ3v) is 3.31. The first kappa shape index (κ1) is 13.0. The van der Waals surface area contributed by atoms with Crippen molar-refractivity contribution in [2.75, 3.05) is 10.5 Å². The summed E-state index contributed by atoms with van der Waals surface area (Å²) in [7, 11) is -3.96. The van der Waals surface area contributed by atoms with Crippen molar-refractivity contribution in [1.29, 1.82) is 0 Å². The van der Waals surface area contributed by atoms with E-state index in [1.54, 1.807) is 24.4 Å². The van der Waals surface area contributed by atoms with Crippen molar-refractivity contribution in [2.24, 2.45) is 0 Å². The van der Waals surface area contributed by atoms with Gasteiger partial charge in [0.25, 0.3) is 0 Å². The van der Waals surface area contributed by atoms with Crippen LogP contribution >= 0.6 is 0 Å². The molecule has 0 bridgehead atoms. The van der Waals surface area contributed by atoms with E-state index in [9.17, 15) is 13.2 Å². The highest BCUT2D eigenvalue weighted by Gasteiger charge is 2.17. The van der Waals surface area contributed by atoms with Crippen molar-refractivity contribution in [3.63, 3.8) is 0 Å². The molecule has 19 heavy (non-hydrogen) atoms. The Morgan fingerprint density at radius 2 is 2.11 bits per heavy atom. The Morgan fingerprint density at radius 1 is 1.37 bits per heavy atom. The van der Waals surface area contributed by atoms with E-state index in [0.29, 0.717) is 5.69 Å². The minimum Gasteiger partial charge on any atom is -0.480 e. The maximum absolute atomic E-state index is 11.6. The minimum absolute atomic E-state index is 0.231. The lowest BCUT2D eigenvalue weighted by atomic mass is 10.3. The fraction of sp³-hybridized carbons (Fsp3) is 0.100. The van der Waals surface area contributed by atoms with E-state index in [-0.39, 0.29) is 5.69 Å². The van der Waals surface area contributed by atoms with E-state index in [0.717, 1.165) is 0 Å². The summed E-state index contributed by atoms with van der Waals surface area (Å²) in [6, 6.07) is 6.47. The molecule has 0 aliphatic heterocycles.